The molecular formula is C9H12N2O. The normalized spacial score (nSPS) is 9.83. The van der Waals surface area contributed by atoms with E-state index in [9.17, 15) is 4.79 Å². The average molecular weight is 164 g/mol. The molecule has 0 radical (unpaired) electrons. The maximum atomic E-state index is 11.2. The van der Waals surface area contributed by atoms with Crippen LogP contribution in [0.4, 0.5) is 0 Å². The molecule has 3 nitrogen and oxygen atoms in total. The van der Waals surface area contributed by atoms with E-state index in [2.05, 4.69) is 4.98 Å². The molecule has 0 saturated heterocycles. The van der Waals surface area contributed by atoms with Gasteiger partial charge in [0.2, 0.25) is 0 Å². The van der Waals surface area contributed by atoms with Gasteiger partial charge in [-0.2, -0.15) is 0 Å². The standard InChI is InChI=1S/C9H12N2O/c1-7-2-3-8(6-11-7)9(12)4-5-10/h2-3,6H,4-5,10H2,1H3. The van der Waals surface area contributed by atoms with Gasteiger partial charge in [-0.1, -0.05) is 0 Å². The predicted octanol–water partition coefficient (Wildman–Crippen LogP) is 0.922. The Hall–Kier alpha value is -1.22. The minimum atomic E-state index is 0.0602. The highest BCUT2D eigenvalue weighted by Gasteiger charge is 2.03. The van der Waals surface area contributed by atoms with Crippen molar-refractivity contribution in [2.24, 2.45) is 5.73 Å². The first kappa shape index (κ1) is 8.87. The number of aryl methyl sites for hydroxylation is 1. The molecule has 1 aromatic heterocycles. The summed E-state index contributed by atoms with van der Waals surface area (Å²) in [6, 6.07) is 3.60. The molecule has 0 aliphatic rings. The first-order valence-corrected chi connectivity index (χ1v) is 3.90. The molecule has 0 bridgehead atoms. The van der Waals surface area contributed by atoms with Crippen molar-refractivity contribution in [1.29, 1.82) is 0 Å². The summed E-state index contributed by atoms with van der Waals surface area (Å²) in [5.41, 5.74) is 6.82. The highest BCUT2D eigenvalue weighted by Crippen LogP contribution is 2.01. The summed E-state index contributed by atoms with van der Waals surface area (Å²) in [7, 11) is 0. The van der Waals surface area contributed by atoms with Crippen LogP contribution in [0, 0.1) is 6.92 Å². The lowest BCUT2D eigenvalue weighted by molar-refractivity contribution is 0.0985. The molecule has 12 heavy (non-hydrogen) atoms. The molecule has 2 N–H and O–H groups in total. The topological polar surface area (TPSA) is 56.0 Å². The molecule has 0 amide bonds. The number of ketones is 1. The maximum Gasteiger partial charge on any atom is 0.165 e. The van der Waals surface area contributed by atoms with E-state index >= 15 is 0 Å². The number of Topliss-reactive ketones (excluding diaryl/α,β-unsaturated/α-hetero) is 1. The third kappa shape index (κ3) is 2.13. The first-order chi connectivity index (χ1) is 5.74. The molecule has 0 atom stereocenters. The molecular weight excluding hydrogens is 152 g/mol. The highest BCUT2D eigenvalue weighted by atomic mass is 16.1. The van der Waals surface area contributed by atoms with Crippen LogP contribution in [0.2, 0.25) is 0 Å². The molecule has 0 saturated carbocycles. The summed E-state index contributed by atoms with van der Waals surface area (Å²) >= 11 is 0. The Kier molecular flexibility index (Phi) is 2.94. The van der Waals surface area contributed by atoms with Gasteiger partial charge in [0.15, 0.2) is 5.78 Å². The highest BCUT2D eigenvalue weighted by molar-refractivity contribution is 5.95. The lowest BCUT2D eigenvalue weighted by atomic mass is 10.1. The molecule has 0 aliphatic carbocycles. The van der Waals surface area contributed by atoms with E-state index in [1.165, 1.54) is 0 Å². The fourth-order valence-corrected chi connectivity index (χ4v) is 0.908. The van der Waals surface area contributed by atoms with Gasteiger partial charge in [-0.15, -0.1) is 0 Å². The van der Waals surface area contributed by atoms with Crippen LogP contribution >= 0.6 is 0 Å². The van der Waals surface area contributed by atoms with Crippen LogP contribution in [0.5, 0.6) is 0 Å². The maximum absolute atomic E-state index is 11.2. The summed E-state index contributed by atoms with van der Waals surface area (Å²) in [6.45, 7) is 2.28. The number of hydrogen-bond acceptors (Lipinski definition) is 3. The van der Waals surface area contributed by atoms with E-state index in [0.717, 1.165) is 5.69 Å². The molecule has 0 fully saturated rings. The molecule has 0 unspecified atom stereocenters. The zero-order valence-corrected chi connectivity index (χ0v) is 7.08. The molecule has 0 aliphatic heterocycles. The largest absolute Gasteiger partial charge is 0.330 e. The Morgan fingerprint density at radius 2 is 2.33 bits per heavy atom. The number of carbonyl (C=O) groups is 1. The summed E-state index contributed by atoms with van der Waals surface area (Å²) in [5.74, 6) is 0.0602. The van der Waals surface area contributed by atoms with Crippen molar-refractivity contribution in [3.63, 3.8) is 0 Å². The molecule has 0 aromatic carbocycles. The second-order valence-corrected chi connectivity index (χ2v) is 2.65. The van der Waals surface area contributed by atoms with Crippen LogP contribution in [0.3, 0.4) is 0 Å². The second kappa shape index (κ2) is 3.97. The van der Waals surface area contributed by atoms with Crippen molar-refractivity contribution < 1.29 is 4.79 Å². The monoisotopic (exact) mass is 164 g/mol. The van der Waals surface area contributed by atoms with E-state index in [0.29, 0.717) is 18.5 Å². The minimum Gasteiger partial charge on any atom is -0.330 e. The van der Waals surface area contributed by atoms with Crippen LogP contribution in [-0.4, -0.2) is 17.3 Å². The Morgan fingerprint density at radius 1 is 1.58 bits per heavy atom. The van der Waals surface area contributed by atoms with Crippen LogP contribution in [0.15, 0.2) is 18.3 Å². The summed E-state index contributed by atoms with van der Waals surface area (Å²) in [5, 5.41) is 0. The zero-order chi connectivity index (χ0) is 8.97. The van der Waals surface area contributed by atoms with Gasteiger partial charge in [0.05, 0.1) is 0 Å². The zero-order valence-electron chi connectivity index (χ0n) is 7.08. The van der Waals surface area contributed by atoms with Crippen molar-refractivity contribution in [1.82, 2.24) is 4.98 Å². The SMILES string of the molecule is Cc1ccc(C(=O)CCN)cn1. The lowest BCUT2D eigenvalue weighted by Gasteiger charge is -1.97. The van der Waals surface area contributed by atoms with Gasteiger partial charge in [-0.3, -0.25) is 9.78 Å². The van der Waals surface area contributed by atoms with Gasteiger partial charge in [-0.05, 0) is 25.6 Å². The van der Waals surface area contributed by atoms with Crippen molar-refractivity contribution >= 4 is 5.78 Å². The summed E-state index contributed by atoms with van der Waals surface area (Å²) < 4.78 is 0. The van der Waals surface area contributed by atoms with Gasteiger partial charge < -0.3 is 5.73 Å². The number of pyridine rings is 1. The molecule has 3 heteroatoms. The number of rotatable bonds is 3. The molecule has 64 valence electrons. The van der Waals surface area contributed by atoms with Crippen molar-refractivity contribution in [3.05, 3.63) is 29.6 Å². The second-order valence-electron chi connectivity index (χ2n) is 2.65. The first-order valence-electron chi connectivity index (χ1n) is 3.90. The molecule has 1 aromatic rings. The van der Waals surface area contributed by atoms with Crippen molar-refractivity contribution in [3.8, 4) is 0 Å². The van der Waals surface area contributed by atoms with Crippen molar-refractivity contribution in [2.45, 2.75) is 13.3 Å². The van der Waals surface area contributed by atoms with Gasteiger partial charge in [0.1, 0.15) is 0 Å². The van der Waals surface area contributed by atoms with E-state index in [4.69, 9.17) is 5.73 Å². The summed E-state index contributed by atoms with van der Waals surface area (Å²) in [4.78, 5) is 15.3. The number of nitrogens with two attached hydrogens (primary N) is 1. The van der Waals surface area contributed by atoms with Crippen LogP contribution < -0.4 is 5.73 Å². The smallest absolute Gasteiger partial charge is 0.165 e. The summed E-state index contributed by atoms with van der Waals surface area (Å²) in [6.07, 6.45) is 1.98. The van der Waals surface area contributed by atoms with E-state index in [1.807, 2.05) is 13.0 Å². The number of nitrogens with zero attached hydrogens (tertiary/aromatic N) is 1. The number of carbonyl (C=O) groups excluding carboxylic acids is 1. The molecule has 1 rings (SSSR count). The minimum absolute atomic E-state index is 0.0602. The van der Waals surface area contributed by atoms with Gasteiger partial charge in [-0.25, -0.2) is 0 Å². The Bertz CT molecular complexity index is 266. The van der Waals surface area contributed by atoms with Gasteiger partial charge in [0, 0.05) is 23.9 Å². The third-order valence-corrected chi connectivity index (χ3v) is 1.60. The lowest BCUT2D eigenvalue weighted by Crippen LogP contribution is -2.08. The Balaban J connectivity index is 2.75. The van der Waals surface area contributed by atoms with Gasteiger partial charge in [0.25, 0.3) is 0 Å². The molecule has 1 heterocycles. The van der Waals surface area contributed by atoms with Crippen LogP contribution in [0.1, 0.15) is 22.5 Å². The van der Waals surface area contributed by atoms with E-state index in [1.54, 1.807) is 12.3 Å². The Morgan fingerprint density at radius 3 is 2.83 bits per heavy atom. The quantitative estimate of drug-likeness (QED) is 0.676. The number of aromatic nitrogens is 1. The van der Waals surface area contributed by atoms with E-state index < -0.39 is 0 Å². The van der Waals surface area contributed by atoms with Crippen LogP contribution in [-0.2, 0) is 0 Å². The fraction of sp³-hybridized carbons (Fsp3) is 0.333. The predicted molar refractivity (Wildman–Crippen MR) is 47.0 cm³/mol. The van der Waals surface area contributed by atoms with Crippen molar-refractivity contribution in [2.75, 3.05) is 6.54 Å². The average Bonchev–Trinajstić information content (AvgIpc) is 2.06. The third-order valence-electron chi connectivity index (χ3n) is 1.60. The van der Waals surface area contributed by atoms with Crippen LogP contribution in [0.25, 0.3) is 0 Å². The Labute approximate surface area is 71.6 Å². The fourth-order valence-electron chi connectivity index (χ4n) is 0.908. The van der Waals surface area contributed by atoms with Gasteiger partial charge >= 0.3 is 0 Å². The number of hydrogen-bond donors (Lipinski definition) is 1. The van der Waals surface area contributed by atoms with E-state index in [-0.39, 0.29) is 5.78 Å². The molecule has 0 spiro atoms.